The predicted molar refractivity (Wildman–Crippen MR) is 79.8 cm³/mol. The normalized spacial score (nSPS) is 12.7. The van der Waals surface area contributed by atoms with E-state index in [9.17, 15) is 0 Å². The highest BCUT2D eigenvalue weighted by molar-refractivity contribution is 5.33. The molecule has 1 rings (SSSR count). The number of methoxy groups -OCH3 is 1. The van der Waals surface area contributed by atoms with E-state index in [1.54, 1.807) is 7.11 Å². The van der Waals surface area contributed by atoms with Crippen LogP contribution in [0.2, 0.25) is 0 Å². The first-order valence-electron chi connectivity index (χ1n) is 7.07. The molecule has 0 amide bonds. The van der Waals surface area contributed by atoms with E-state index in [1.165, 1.54) is 5.56 Å². The Bertz CT molecular complexity index is 352. The fourth-order valence-electron chi connectivity index (χ4n) is 2.01. The third kappa shape index (κ3) is 6.60. The second-order valence-electron chi connectivity index (χ2n) is 5.28. The molecule has 1 N–H and O–H groups in total. The third-order valence-electron chi connectivity index (χ3n) is 2.88. The van der Waals surface area contributed by atoms with Crippen molar-refractivity contribution in [3.05, 3.63) is 29.8 Å². The van der Waals surface area contributed by atoms with Gasteiger partial charge in [-0.1, -0.05) is 25.1 Å². The van der Waals surface area contributed by atoms with Crippen molar-refractivity contribution in [1.82, 2.24) is 5.32 Å². The lowest BCUT2D eigenvalue weighted by Crippen LogP contribution is -2.26. The zero-order chi connectivity index (χ0) is 14.1. The van der Waals surface area contributed by atoms with Crippen molar-refractivity contribution >= 4 is 0 Å². The Morgan fingerprint density at radius 1 is 1.16 bits per heavy atom. The summed E-state index contributed by atoms with van der Waals surface area (Å²) >= 11 is 0. The Morgan fingerprint density at radius 3 is 2.58 bits per heavy atom. The van der Waals surface area contributed by atoms with Gasteiger partial charge in [0.05, 0.1) is 12.7 Å². The SMILES string of the molecule is COCCNCC(C)Cc1ccccc1OC(C)C. The molecule has 3 nitrogen and oxygen atoms in total. The summed E-state index contributed by atoms with van der Waals surface area (Å²) in [5.41, 5.74) is 1.29. The van der Waals surface area contributed by atoms with Crippen LogP contribution in [0.1, 0.15) is 26.3 Å². The molecule has 3 heteroatoms. The lowest BCUT2D eigenvalue weighted by molar-refractivity contribution is 0.198. The largest absolute Gasteiger partial charge is 0.491 e. The Labute approximate surface area is 117 Å². The van der Waals surface area contributed by atoms with Crippen molar-refractivity contribution in [2.24, 2.45) is 5.92 Å². The van der Waals surface area contributed by atoms with Crippen LogP contribution in [0.4, 0.5) is 0 Å². The van der Waals surface area contributed by atoms with Crippen molar-refractivity contribution in [3.8, 4) is 5.75 Å². The Balaban J connectivity index is 2.46. The van der Waals surface area contributed by atoms with Gasteiger partial charge in [0.25, 0.3) is 0 Å². The first-order valence-corrected chi connectivity index (χ1v) is 7.07. The van der Waals surface area contributed by atoms with Gasteiger partial charge in [0, 0.05) is 13.7 Å². The van der Waals surface area contributed by atoms with E-state index in [0.29, 0.717) is 5.92 Å². The average molecular weight is 265 g/mol. The number of para-hydroxylation sites is 1. The van der Waals surface area contributed by atoms with Crippen molar-refractivity contribution in [2.75, 3.05) is 26.8 Å². The standard InChI is InChI=1S/C16H27NO2/c1-13(2)19-16-8-6-5-7-15(16)11-14(3)12-17-9-10-18-4/h5-8,13-14,17H,9-12H2,1-4H3. The highest BCUT2D eigenvalue weighted by Gasteiger charge is 2.09. The Kier molecular flexibility index (Phi) is 7.53. The number of ether oxygens (including phenoxy) is 2. The smallest absolute Gasteiger partial charge is 0.122 e. The maximum absolute atomic E-state index is 5.85. The molecule has 0 saturated heterocycles. The van der Waals surface area contributed by atoms with E-state index in [2.05, 4.69) is 44.3 Å². The number of hydrogen-bond donors (Lipinski definition) is 1. The molecule has 0 bridgehead atoms. The molecule has 0 aliphatic heterocycles. The van der Waals surface area contributed by atoms with Crippen molar-refractivity contribution in [1.29, 1.82) is 0 Å². The average Bonchev–Trinajstić information content (AvgIpc) is 2.36. The second kappa shape index (κ2) is 8.94. The molecule has 0 saturated carbocycles. The predicted octanol–water partition coefficient (Wildman–Crippen LogP) is 2.89. The van der Waals surface area contributed by atoms with Crippen LogP contribution in [-0.4, -0.2) is 32.9 Å². The summed E-state index contributed by atoms with van der Waals surface area (Å²) in [7, 11) is 1.73. The van der Waals surface area contributed by atoms with Crippen molar-refractivity contribution in [3.63, 3.8) is 0 Å². The summed E-state index contributed by atoms with van der Waals surface area (Å²) in [5.74, 6) is 1.59. The van der Waals surface area contributed by atoms with Gasteiger partial charge in [0.2, 0.25) is 0 Å². The maximum atomic E-state index is 5.85. The number of benzene rings is 1. The zero-order valence-corrected chi connectivity index (χ0v) is 12.6. The van der Waals surface area contributed by atoms with Gasteiger partial charge in [-0.15, -0.1) is 0 Å². The number of nitrogens with one attached hydrogen (secondary N) is 1. The van der Waals surface area contributed by atoms with Crippen LogP contribution < -0.4 is 10.1 Å². The highest BCUT2D eigenvalue weighted by atomic mass is 16.5. The molecule has 0 fully saturated rings. The van der Waals surface area contributed by atoms with E-state index < -0.39 is 0 Å². The van der Waals surface area contributed by atoms with Crippen LogP contribution in [0.25, 0.3) is 0 Å². The second-order valence-corrected chi connectivity index (χ2v) is 5.28. The summed E-state index contributed by atoms with van der Waals surface area (Å²) in [4.78, 5) is 0. The van der Waals surface area contributed by atoms with Crippen LogP contribution in [0.15, 0.2) is 24.3 Å². The van der Waals surface area contributed by atoms with E-state index in [0.717, 1.165) is 31.9 Å². The number of hydrogen-bond acceptors (Lipinski definition) is 3. The summed E-state index contributed by atoms with van der Waals surface area (Å²) in [5, 5.41) is 3.40. The van der Waals surface area contributed by atoms with Crippen molar-refractivity contribution < 1.29 is 9.47 Å². The van der Waals surface area contributed by atoms with Gasteiger partial charge in [-0.2, -0.15) is 0 Å². The van der Waals surface area contributed by atoms with Gasteiger partial charge in [-0.25, -0.2) is 0 Å². The van der Waals surface area contributed by atoms with Crippen molar-refractivity contribution in [2.45, 2.75) is 33.3 Å². The molecule has 0 radical (unpaired) electrons. The fraction of sp³-hybridized carbons (Fsp3) is 0.625. The minimum Gasteiger partial charge on any atom is -0.491 e. The molecular weight excluding hydrogens is 238 g/mol. The number of rotatable bonds is 9. The van der Waals surface area contributed by atoms with Gasteiger partial charge in [-0.05, 0) is 44.4 Å². The topological polar surface area (TPSA) is 30.5 Å². The molecule has 1 aromatic rings. The minimum atomic E-state index is 0.219. The summed E-state index contributed by atoms with van der Waals surface area (Å²) in [6, 6.07) is 8.32. The third-order valence-corrected chi connectivity index (χ3v) is 2.88. The van der Waals surface area contributed by atoms with Crippen LogP contribution in [-0.2, 0) is 11.2 Å². The molecule has 108 valence electrons. The van der Waals surface area contributed by atoms with Gasteiger partial charge >= 0.3 is 0 Å². The quantitative estimate of drug-likeness (QED) is 0.696. The monoisotopic (exact) mass is 265 g/mol. The first kappa shape index (κ1) is 16.0. The lowest BCUT2D eigenvalue weighted by atomic mass is 10.0. The fourth-order valence-corrected chi connectivity index (χ4v) is 2.01. The minimum absolute atomic E-state index is 0.219. The lowest BCUT2D eigenvalue weighted by Gasteiger charge is -2.17. The van der Waals surface area contributed by atoms with Crippen LogP contribution in [0, 0.1) is 5.92 Å². The zero-order valence-electron chi connectivity index (χ0n) is 12.6. The highest BCUT2D eigenvalue weighted by Crippen LogP contribution is 2.22. The van der Waals surface area contributed by atoms with Gasteiger partial charge in [0.15, 0.2) is 0 Å². The Morgan fingerprint density at radius 2 is 1.89 bits per heavy atom. The molecule has 0 spiro atoms. The van der Waals surface area contributed by atoms with E-state index in [-0.39, 0.29) is 6.10 Å². The molecule has 0 aliphatic rings. The molecule has 1 atom stereocenters. The van der Waals surface area contributed by atoms with Crippen LogP contribution in [0.3, 0.4) is 0 Å². The molecule has 0 aromatic heterocycles. The summed E-state index contributed by atoms with van der Waals surface area (Å²) in [6.07, 6.45) is 1.25. The van der Waals surface area contributed by atoms with E-state index in [1.807, 2.05) is 6.07 Å². The summed E-state index contributed by atoms with van der Waals surface area (Å²) < 4.78 is 10.9. The van der Waals surface area contributed by atoms with Gasteiger partial charge < -0.3 is 14.8 Å². The molecule has 1 unspecified atom stereocenters. The summed E-state index contributed by atoms with van der Waals surface area (Å²) in [6.45, 7) is 9.05. The van der Waals surface area contributed by atoms with Crippen LogP contribution >= 0.6 is 0 Å². The molecule has 0 aliphatic carbocycles. The molecule has 1 aromatic carbocycles. The molecular formula is C16H27NO2. The van der Waals surface area contributed by atoms with Crippen LogP contribution in [0.5, 0.6) is 5.75 Å². The molecule has 19 heavy (non-hydrogen) atoms. The van der Waals surface area contributed by atoms with Gasteiger partial charge in [-0.3, -0.25) is 0 Å². The van der Waals surface area contributed by atoms with E-state index in [4.69, 9.17) is 9.47 Å². The van der Waals surface area contributed by atoms with Gasteiger partial charge in [0.1, 0.15) is 5.75 Å². The molecule has 0 heterocycles. The maximum Gasteiger partial charge on any atom is 0.122 e. The first-order chi connectivity index (χ1) is 9.13. The Hall–Kier alpha value is -1.06. The van der Waals surface area contributed by atoms with E-state index >= 15 is 0 Å².